The predicted molar refractivity (Wildman–Crippen MR) is 101 cm³/mol. The van der Waals surface area contributed by atoms with E-state index in [2.05, 4.69) is 27.8 Å². The number of hydrogen-bond acceptors (Lipinski definition) is 5. The fourth-order valence-corrected chi connectivity index (χ4v) is 3.07. The van der Waals surface area contributed by atoms with Crippen LogP contribution in [0.15, 0.2) is 69.9 Å². The van der Waals surface area contributed by atoms with Gasteiger partial charge in [0.05, 0.1) is 34.2 Å². The molecular weight excluding hydrogens is 419 g/mol. The van der Waals surface area contributed by atoms with Gasteiger partial charge in [-0.05, 0) is 48.5 Å². The van der Waals surface area contributed by atoms with Crippen molar-refractivity contribution in [2.45, 2.75) is 0 Å². The van der Waals surface area contributed by atoms with Crippen molar-refractivity contribution in [3.8, 4) is 17.2 Å². The number of benzene rings is 3. The molecule has 0 radical (unpaired) electrons. The molecule has 0 atom stereocenters. The van der Waals surface area contributed by atoms with E-state index in [4.69, 9.17) is 4.42 Å². The summed E-state index contributed by atoms with van der Waals surface area (Å²) in [5.41, 5.74) is 3.69. The number of anilines is 2. The maximum atomic E-state index is 11.5. The van der Waals surface area contributed by atoms with E-state index in [1.165, 1.54) is 12.1 Å². The number of phenols is 1. The van der Waals surface area contributed by atoms with Gasteiger partial charge >= 0.3 is 0 Å². The largest absolute Gasteiger partial charge is 0.508 e. The minimum Gasteiger partial charge on any atom is -0.508 e. The smallest absolute Gasteiger partial charge is 0.182 e. The molecule has 24 heavy (non-hydrogen) atoms. The van der Waals surface area contributed by atoms with Crippen molar-refractivity contribution in [2.24, 2.45) is 0 Å². The second-order valence-electron chi connectivity index (χ2n) is 5.29. The normalized spacial score (nSPS) is 11.0. The van der Waals surface area contributed by atoms with Crippen LogP contribution in [0, 0.1) is 0 Å². The van der Waals surface area contributed by atoms with Gasteiger partial charge in [0.1, 0.15) is 17.0 Å². The van der Waals surface area contributed by atoms with Gasteiger partial charge in [0.2, 0.25) is 0 Å². The Labute approximate surface area is 151 Å². The van der Waals surface area contributed by atoms with Crippen molar-refractivity contribution < 1.29 is 9.52 Å². The number of nitrogens with zero attached hydrogens (tertiary/aromatic N) is 2. The Kier molecular flexibility index (Phi) is 3.61. The number of aromatic nitrogens is 1. The molecule has 0 fully saturated rings. The molecule has 2 aromatic rings. The van der Waals surface area contributed by atoms with Crippen LogP contribution in [0.1, 0.15) is 0 Å². The molecule has 0 saturated carbocycles. The van der Waals surface area contributed by atoms with Crippen LogP contribution in [-0.2, 0) is 0 Å². The molecular formula is C18H11IN2O3. The van der Waals surface area contributed by atoms with Gasteiger partial charge in [-0.25, -0.2) is 4.98 Å². The quantitative estimate of drug-likeness (QED) is 0.289. The van der Waals surface area contributed by atoms with E-state index < -0.39 is 0 Å². The summed E-state index contributed by atoms with van der Waals surface area (Å²) in [7, 11) is 0. The highest BCUT2D eigenvalue weighted by atomic mass is 127. The third kappa shape index (κ3) is 2.69. The average molecular weight is 430 g/mol. The van der Waals surface area contributed by atoms with Gasteiger partial charge in [0.25, 0.3) is 0 Å². The van der Waals surface area contributed by atoms with E-state index in [1.54, 1.807) is 18.2 Å². The van der Waals surface area contributed by atoms with Crippen LogP contribution >= 0.6 is 22.9 Å². The van der Waals surface area contributed by atoms with Crippen molar-refractivity contribution in [1.29, 1.82) is 0 Å². The number of halogens is 1. The zero-order chi connectivity index (χ0) is 16.7. The Morgan fingerprint density at radius 1 is 0.958 bits per heavy atom. The first-order valence-electron chi connectivity index (χ1n) is 7.20. The summed E-state index contributed by atoms with van der Waals surface area (Å²) in [5, 5.41) is 9.40. The van der Waals surface area contributed by atoms with Crippen molar-refractivity contribution in [2.75, 3.05) is 3.11 Å². The summed E-state index contributed by atoms with van der Waals surface area (Å²) in [6.07, 6.45) is 0. The van der Waals surface area contributed by atoms with Gasteiger partial charge in [-0.15, -0.1) is 0 Å². The lowest BCUT2D eigenvalue weighted by Crippen LogP contribution is -2.01. The molecule has 2 aliphatic rings. The first-order valence-corrected chi connectivity index (χ1v) is 8.16. The van der Waals surface area contributed by atoms with E-state index in [0.717, 1.165) is 16.9 Å². The zero-order valence-electron chi connectivity index (χ0n) is 12.3. The third-order valence-electron chi connectivity index (χ3n) is 3.64. The maximum absolute atomic E-state index is 11.5. The highest BCUT2D eigenvalue weighted by Gasteiger charge is 2.12. The molecule has 1 aliphatic heterocycles. The number of aromatic hydroxyl groups is 1. The zero-order valence-corrected chi connectivity index (χ0v) is 14.5. The minimum absolute atomic E-state index is 0.108. The molecule has 2 aromatic carbocycles. The van der Waals surface area contributed by atoms with Crippen LogP contribution in [0.25, 0.3) is 22.6 Å². The van der Waals surface area contributed by atoms with Gasteiger partial charge in [-0.1, -0.05) is 0 Å². The molecule has 5 nitrogen and oxygen atoms in total. The SMILES string of the molecule is O=c1ccc2nc3ccc(N(I)c4ccc(O)cc4)cc3oc-2c1. The molecule has 4 rings (SSSR count). The number of rotatable bonds is 2. The maximum Gasteiger partial charge on any atom is 0.182 e. The monoisotopic (exact) mass is 430 g/mol. The molecule has 1 N–H and O–H groups in total. The van der Waals surface area contributed by atoms with Crippen LogP contribution < -0.4 is 8.54 Å². The lowest BCUT2D eigenvalue weighted by atomic mass is 10.2. The molecule has 0 unspecified atom stereocenters. The van der Waals surface area contributed by atoms with Crippen molar-refractivity contribution in [3.05, 3.63) is 70.9 Å². The molecule has 0 spiro atoms. The van der Waals surface area contributed by atoms with Gasteiger partial charge < -0.3 is 9.52 Å². The fraction of sp³-hybridized carbons (Fsp3) is 0. The first-order chi connectivity index (χ1) is 11.6. The molecule has 1 aliphatic carbocycles. The van der Waals surface area contributed by atoms with Gasteiger partial charge in [-0.3, -0.25) is 7.91 Å². The summed E-state index contributed by atoms with van der Waals surface area (Å²) in [4.78, 5) is 16.0. The minimum atomic E-state index is -0.108. The molecule has 118 valence electrons. The second kappa shape index (κ2) is 5.79. The first kappa shape index (κ1) is 14.9. The summed E-state index contributed by atoms with van der Waals surface area (Å²) >= 11 is 2.18. The van der Waals surface area contributed by atoms with Crippen LogP contribution in [-0.4, -0.2) is 10.1 Å². The summed E-state index contributed by atoms with van der Waals surface area (Å²) < 4.78 is 7.79. The number of fused-ring (bicyclic) bond motifs is 2. The average Bonchev–Trinajstić information content (AvgIpc) is 2.59. The Hall–Kier alpha value is -2.61. The molecule has 0 saturated heterocycles. The lowest BCUT2D eigenvalue weighted by molar-refractivity contribution is 0.475. The molecule has 0 amide bonds. The van der Waals surface area contributed by atoms with Crippen molar-refractivity contribution >= 4 is 45.3 Å². The van der Waals surface area contributed by atoms with Crippen LogP contribution in [0.3, 0.4) is 0 Å². The lowest BCUT2D eigenvalue weighted by Gasteiger charge is -2.17. The van der Waals surface area contributed by atoms with Gasteiger partial charge in [0.15, 0.2) is 16.8 Å². The molecule has 6 heteroatoms. The second-order valence-corrected chi connectivity index (χ2v) is 6.26. The van der Waals surface area contributed by atoms with E-state index in [0.29, 0.717) is 17.0 Å². The van der Waals surface area contributed by atoms with E-state index in [-0.39, 0.29) is 11.2 Å². The van der Waals surface area contributed by atoms with Gasteiger partial charge in [-0.2, -0.15) is 0 Å². The summed E-state index contributed by atoms with van der Waals surface area (Å²) in [5.74, 6) is 0.693. The molecule has 1 heterocycles. The molecule has 0 bridgehead atoms. The Morgan fingerprint density at radius 2 is 1.71 bits per heavy atom. The van der Waals surface area contributed by atoms with E-state index in [9.17, 15) is 9.90 Å². The fourth-order valence-electron chi connectivity index (χ4n) is 2.45. The van der Waals surface area contributed by atoms with Crippen LogP contribution in [0.2, 0.25) is 0 Å². The topological polar surface area (TPSA) is 66.6 Å². The third-order valence-corrected chi connectivity index (χ3v) is 4.75. The Balaban J connectivity index is 1.82. The van der Waals surface area contributed by atoms with Crippen molar-refractivity contribution in [1.82, 2.24) is 4.98 Å². The standard InChI is InChI=1S/C18H11IN2O3/c19-21(11-1-4-13(22)5-2-11)12-3-7-15-17(9-12)24-18-10-14(23)6-8-16(18)20-15/h1-10,22H. The predicted octanol–water partition coefficient (Wildman–Crippen LogP) is 4.49. The van der Waals surface area contributed by atoms with E-state index >= 15 is 0 Å². The van der Waals surface area contributed by atoms with Gasteiger partial charge in [0, 0.05) is 12.1 Å². The highest BCUT2D eigenvalue weighted by molar-refractivity contribution is 14.1. The number of phenolic OH excluding ortho intramolecular Hbond substituents is 1. The summed E-state index contributed by atoms with van der Waals surface area (Å²) in [6, 6.07) is 17.2. The van der Waals surface area contributed by atoms with Crippen molar-refractivity contribution in [3.63, 3.8) is 0 Å². The highest BCUT2D eigenvalue weighted by Crippen LogP contribution is 2.33. The molecule has 0 aromatic heterocycles. The number of hydrogen-bond donors (Lipinski definition) is 1. The van der Waals surface area contributed by atoms with Crippen LogP contribution in [0.5, 0.6) is 5.75 Å². The van der Waals surface area contributed by atoms with E-state index in [1.807, 2.05) is 33.4 Å². The Morgan fingerprint density at radius 3 is 2.50 bits per heavy atom. The Bertz CT molecular complexity index is 1060. The summed E-state index contributed by atoms with van der Waals surface area (Å²) in [6.45, 7) is 0. The van der Waals surface area contributed by atoms with Crippen LogP contribution in [0.4, 0.5) is 11.4 Å².